The molecule has 182 valence electrons. The molecule has 0 radical (unpaired) electrons. The number of nitrogens with zero attached hydrogens (tertiary/aromatic N) is 1. The number of anilines is 2. The lowest BCUT2D eigenvalue weighted by molar-refractivity contribution is -0.122. The summed E-state index contributed by atoms with van der Waals surface area (Å²) < 4.78 is 38.8. The number of hydrogen-bond acceptors (Lipinski definition) is 6. The maximum absolute atomic E-state index is 13.4. The van der Waals surface area contributed by atoms with E-state index >= 15 is 0 Å². The van der Waals surface area contributed by atoms with Crippen LogP contribution in [0.1, 0.15) is 17.3 Å². The number of hydrogen-bond donors (Lipinski definition) is 1. The molecule has 1 aliphatic rings. The Labute approximate surface area is 212 Å². The molecule has 0 bridgehead atoms. The lowest BCUT2D eigenvalue weighted by Crippen LogP contribution is -2.48. The highest BCUT2D eigenvalue weighted by molar-refractivity contribution is 7.92. The molecule has 1 atom stereocenters. The van der Waals surface area contributed by atoms with E-state index in [0.29, 0.717) is 10.7 Å². The van der Waals surface area contributed by atoms with Gasteiger partial charge >= 0.3 is 5.97 Å². The number of halogens is 2. The summed E-state index contributed by atoms with van der Waals surface area (Å²) in [6.45, 7) is 1.63. The van der Waals surface area contributed by atoms with Gasteiger partial charge in [0.05, 0.1) is 40.0 Å². The largest absolute Gasteiger partial charge is 0.476 e. The highest BCUT2D eigenvalue weighted by Gasteiger charge is 2.37. The molecule has 1 amide bonds. The minimum absolute atomic E-state index is 0.0235. The standard InChI is InChI=1S/C24H20Cl2N2O6S/c1-2-33-24(30)15-7-12-19(18(26)13-15)27-23(29)22-14-28(20-5-3-4-6-21(20)34-22)35(31,32)17-10-8-16(25)9-11-17/h3-13,22H,2,14H2,1H3,(H,27,29)/t22-/m1/s1. The fraction of sp³-hybridized carbons (Fsp3) is 0.167. The maximum Gasteiger partial charge on any atom is 0.338 e. The molecule has 11 heteroatoms. The van der Waals surface area contributed by atoms with Crippen molar-refractivity contribution in [3.05, 3.63) is 82.3 Å². The number of ether oxygens (including phenoxy) is 2. The van der Waals surface area contributed by atoms with Gasteiger partial charge in [-0.1, -0.05) is 35.3 Å². The van der Waals surface area contributed by atoms with Gasteiger partial charge in [0.2, 0.25) is 0 Å². The van der Waals surface area contributed by atoms with Crippen LogP contribution in [0.25, 0.3) is 0 Å². The topological polar surface area (TPSA) is 102 Å². The lowest BCUT2D eigenvalue weighted by atomic mass is 10.2. The van der Waals surface area contributed by atoms with Crippen LogP contribution >= 0.6 is 23.2 Å². The number of amides is 1. The van der Waals surface area contributed by atoms with E-state index in [1.165, 1.54) is 42.5 Å². The summed E-state index contributed by atoms with van der Waals surface area (Å²) in [5, 5.41) is 3.16. The van der Waals surface area contributed by atoms with Gasteiger partial charge in [0.15, 0.2) is 6.10 Å². The molecule has 3 aromatic rings. The minimum Gasteiger partial charge on any atom is -0.476 e. The van der Waals surface area contributed by atoms with Gasteiger partial charge in [-0.05, 0) is 61.5 Å². The summed E-state index contributed by atoms with van der Waals surface area (Å²) in [6, 6.07) is 16.6. The smallest absolute Gasteiger partial charge is 0.338 e. The second-order valence-electron chi connectivity index (χ2n) is 7.47. The van der Waals surface area contributed by atoms with Crippen molar-refractivity contribution in [1.82, 2.24) is 0 Å². The molecule has 8 nitrogen and oxygen atoms in total. The van der Waals surface area contributed by atoms with Crippen molar-refractivity contribution in [3.8, 4) is 5.75 Å². The van der Waals surface area contributed by atoms with Crippen LogP contribution in [0.15, 0.2) is 71.6 Å². The quantitative estimate of drug-likeness (QED) is 0.457. The third-order valence-electron chi connectivity index (χ3n) is 5.17. The zero-order valence-corrected chi connectivity index (χ0v) is 20.7. The van der Waals surface area contributed by atoms with Crippen molar-refractivity contribution in [3.63, 3.8) is 0 Å². The van der Waals surface area contributed by atoms with E-state index in [0.717, 1.165) is 4.31 Å². The Hall–Kier alpha value is -3.27. The molecule has 0 spiro atoms. The first-order valence-electron chi connectivity index (χ1n) is 10.5. The van der Waals surface area contributed by atoms with Crippen molar-refractivity contribution in [2.75, 3.05) is 22.8 Å². The van der Waals surface area contributed by atoms with Crippen molar-refractivity contribution in [2.45, 2.75) is 17.9 Å². The molecule has 1 heterocycles. The highest BCUT2D eigenvalue weighted by atomic mass is 35.5. The Morgan fingerprint density at radius 1 is 1.09 bits per heavy atom. The highest BCUT2D eigenvalue weighted by Crippen LogP contribution is 2.37. The van der Waals surface area contributed by atoms with Crippen molar-refractivity contribution in [2.24, 2.45) is 0 Å². The van der Waals surface area contributed by atoms with Crippen molar-refractivity contribution >= 4 is 56.5 Å². The Morgan fingerprint density at radius 3 is 2.49 bits per heavy atom. The molecule has 3 aromatic carbocycles. The Balaban J connectivity index is 1.60. The molecule has 4 rings (SSSR count). The van der Waals surface area contributed by atoms with Crippen LogP contribution in [-0.4, -0.2) is 39.5 Å². The zero-order valence-electron chi connectivity index (χ0n) is 18.4. The van der Waals surface area contributed by atoms with Crippen molar-refractivity contribution < 1.29 is 27.5 Å². The van der Waals surface area contributed by atoms with Crippen LogP contribution in [-0.2, 0) is 19.6 Å². The molecule has 0 saturated heterocycles. The molecule has 35 heavy (non-hydrogen) atoms. The average molecular weight is 535 g/mol. The van der Waals surface area contributed by atoms with Gasteiger partial charge in [-0.15, -0.1) is 0 Å². The molecular weight excluding hydrogens is 515 g/mol. The Morgan fingerprint density at radius 2 is 1.80 bits per heavy atom. The van der Waals surface area contributed by atoms with E-state index in [4.69, 9.17) is 32.7 Å². The number of para-hydroxylation sites is 2. The fourth-order valence-corrected chi connectivity index (χ4v) is 5.30. The minimum atomic E-state index is -4.02. The molecule has 0 saturated carbocycles. The van der Waals surface area contributed by atoms with E-state index in [1.54, 1.807) is 31.2 Å². The number of rotatable bonds is 6. The number of fused-ring (bicyclic) bond motifs is 1. The van der Waals surface area contributed by atoms with Crippen LogP contribution < -0.4 is 14.4 Å². The third-order valence-corrected chi connectivity index (χ3v) is 7.53. The lowest BCUT2D eigenvalue weighted by Gasteiger charge is -2.34. The summed E-state index contributed by atoms with van der Waals surface area (Å²) in [6.07, 6.45) is -1.17. The summed E-state index contributed by atoms with van der Waals surface area (Å²) in [5.74, 6) is -0.913. The van der Waals surface area contributed by atoms with Crippen LogP contribution in [0.2, 0.25) is 10.0 Å². The first-order chi connectivity index (χ1) is 16.7. The molecule has 0 fully saturated rings. The van der Waals surface area contributed by atoms with Gasteiger partial charge < -0.3 is 14.8 Å². The van der Waals surface area contributed by atoms with E-state index in [1.807, 2.05) is 0 Å². The van der Waals surface area contributed by atoms with Crippen LogP contribution in [0.5, 0.6) is 5.75 Å². The van der Waals surface area contributed by atoms with Crippen LogP contribution in [0.3, 0.4) is 0 Å². The SMILES string of the molecule is CCOC(=O)c1ccc(NC(=O)[C@H]2CN(S(=O)(=O)c3ccc(Cl)cc3)c3ccccc3O2)c(Cl)c1. The van der Waals surface area contributed by atoms with E-state index in [2.05, 4.69) is 5.32 Å². The number of nitrogens with one attached hydrogen (secondary N) is 1. The fourth-order valence-electron chi connectivity index (χ4n) is 3.47. The van der Waals surface area contributed by atoms with E-state index < -0.39 is 28.0 Å². The Bertz CT molecular complexity index is 1380. The number of carbonyl (C=O) groups is 2. The first kappa shape index (κ1) is 24.8. The summed E-state index contributed by atoms with van der Waals surface area (Å²) in [4.78, 5) is 25.0. The molecule has 0 unspecified atom stereocenters. The maximum atomic E-state index is 13.4. The summed E-state index contributed by atoms with van der Waals surface area (Å²) in [7, 11) is -4.02. The summed E-state index contributed by atoms with van der Waals surface area (Å²) in [5.41, 5.74) is 0.778. The second-order valence-corrected chi connectivity index (χ2v) is 10.2. The van der Waals surface area contributed by atoms with E-state index in [-0.39, 0.29) is 40.1 Å². The predicted octanol–water partition coefficient (Wildman–Crippen LogP) is 4.77. The summed E-state index contributed by atoms with van der Waals surface area (Å²) >= 11 is 12.2. The Kier molecular flexibility index (Phi) is 7.20. The number of benzene rings is 3. The molecule has 0 aliphatic carbocycles. The predicted molar refractivity (Wildman–Crippen MR) is 133 cm³/mol. The number of sulfonamides is 1. The first-order valence-corrected chi connectivity index (χ1v) is 12.7. The van der Waals surface area contributed by atoms with Gasteiger partial charge in [-0.25, -0.2) is 13.2 Å². The second kappa shape index (κ2) is 10.2. The third kappa shape index (κ3) is 5.22. The average Bonchev–Trinajstić information content (AvgIpc) is 2.84. The van der Waals surface area contributed by atoms with Crippen LogP contribution in [0, 0.1) is 0 Å². The van der Waals surface area contributed by atoms with Gasteiger partial charge in [0.25, 0.3) is 15.9 Å². The van der Waals surface area contributed by atoms with Gasteiger partial charge in [0, 0.05) is 5.02 Å². The van der Waals surface area contributed by atoms with E-state index in [9.17, 15) is 18.0 Å². The van der Waals surface area contributed by atoms with Gasteiger partial charge in [-0.3, -0.25) is 9.10 Å². The normalized spacial score (nSPS) is 15.1. The van der Waals surface area contributed by atoms with Crippen molar-refractivity contribution in [1.29, 1.82) is 0 Å². The zero-order chi connectivity index (χ0) is 25.2. The molecular formula is C24H20Cl2N2O6S. The monoisotopic (exact) mass is 534 g/mol. The van der Waals surface area contributed by atoms with Gasteiger partial charge in [-0.2, -0.15) is 0 Å². The number of esters is 1. The van der Waals surface area contributed by atoms with Crippen LogP contribution in [0.4, 0.5) is 11.4 Å². The van der Waals surface area contributed by atoms with Gasteiger partial charge in [0.1, 0.15) is 5.75 Å². The molecule has 1 aliphatic heterocycles. The number of carbonyl (C=O) groups excluding carboxylic acids is 2. The molecule has 1 N–H and O–H groups in total. The molecule has 0 aromatic heterocycles.